The van der Waals surface area contributed by atoms with Crippen molar-refractivity contribution in [1.82, 2.24) is 5.32 Å². The number of halogens is 3. The maximum Gasteiger partial charge on any atom is 0.409 e. The van der Waals surface area contributed by atoms with E-state index in [2.05, 4.69) is 31.4 Å². The molecule has 158 valence electrons. The van der Waals surface area contributed by atoms with Crippen LogP contribution in [0.1, 0.15) is 51.2 Å². The first-order chi connectivity index (χ1) is 13.0. The molecule has 1 fully saturated rings. The van der Waals surface area contributed by atoms with Gasteiger partial charge in [0.05, 0.1) is 0 Å². The van der Waals surface area contributed by atoms with Gasteiger partial charge in [0.15, 0.2) is 0 Å². The second-order valence-corrected chi connectivity index (χ2v) is 10.7. The summed E-state index contributed by atoms with van der Waals surface area (Å²) in [7, 11) is 0. The number of anilines is 1. The van der Waals surface area contributed by atoms with Crippen LogP contribution < -0.4 is 10.6 Å². The summed E-state index contributed by atoms with van der Waals surface area (Å²) in [6, 6.07) is 5.88. The average molecular weight is 450 g/mol. The first-order valence-corrected chi connectivity index (χ1v) is 11.0. The Kier molecular flexibility index (Phi) is 8.18. The van der Waals surface area contributed by atoms with E-state index in [0.29, 0.717) is 17.8 Å². The number of nitrogens with one attached hydrogen (secondary N) is 2. The predicted molar refractivity (Wildman–Crippen MR) is 118 cm³/mol. The van der Waals surface area contributed by atoms with E-state index in [4.69, 9.17) is 39.5 Å². The summed E-state index contributed by atoms with van der Waals surface area (Å²) in [6.07, 6.45) is 1.46. The van der Waals surface area contributed by atoms with E-state index < -0.39 is 16.1 Å². The van der Waals surface area contributed by atoms with Crippen molar-refractivity contribution in [3.63, 3.8) is 0 Å². The number of alkyl halides is 3. The van der Waals surface area contributed by atoms with E-state index in [1.54, 1.807) is 0 Å². The minimum absolute atomic E-state index is 0.124. The van der Waals surface area contributed by atoms with Crippen molar-refractivity contribution >= 4 is 46.6 Å². The summed E-state index contributed by atoms with van der Waals surface area (Å²) in [5, 5.41) is 5.82. The molecule has 0 spiro atoms. The monoisotopic (exact) mass is 448 g/mol. The third-order valence-electron chi connectivity index (χ3n) is 5.49. The van der Waals surface area contributed by atoms with Crippen LogP contribution in [0.15, 0.2) is 18.2 Å². The lowest BCUT2D eigenvalue weighted by Gasteiger charge is -2.37. The van der Waals surface area contributed by atoms with Crippen molar-refractivity contribution in [2.75, 3.05) is 5.32 Å². The topological polar surface area (TPSA) is 50.4 Å². The van der Waals surface area contributed by atoms with Crippen molar-refractivity contribution in [2.45, 2.75) is 69.9 Å². The highest BCUT2D eigenvalue weighted by Gasteiger charge is 2.37. The Labute approximate surface area is 183 Å². The largest absolute Gasteiger partial charge is 0.446 e. The fourth-order valence-corrected chi connectivity index (χ4v) is 4.20. The Bertz CT molecular complexity index is 676. The number of rotatable bonds is 5. The van der Waals surface area contributed by atoms with Gasteiger partial charge in [0.1, 0.15) is 12.3 Å². The highest BCUT2D eigenvalue weighted by Crippen LogP contribution is 2.36. The molecule has 4 nitrogen and oxygen atoms in total. The van der Waals surface area contributed by atoms with E-state index in [1.165, 1.54) is 0 Å². The Hall–Kier alpha value is -0.840. The zero-order chi connectivity index (χ0) is 21.1. The van der Waals surface area contributed by atoms with Gasteiger partial charge < -0.3 is 10.1 Å². The summed E-state index contributed by atoms with van der Waals surface area (Å²) >= 11 is 18.4. The van der Waals surface area contributed by atoms with E-state index in [-0.39, 0.29) is 6.10 Å². The van der Waals surface area contributed by atoms with Crippen LogP contribution in [0.25, 0.3) is 0 Å². The first kappa shape index (κ1) is 23.4. The third kappa shape index (κ3) is 6.60. The minimum atomic E-state index is -1.74. The van der Waals surface area contributed by atoms with Gasteiger partial charge in [-0.25, -0.2) is 4.79 Å². The molecule has 0 unspecified atom stereocenters. The number of hydrogen-bond acceptors (Lipinski definition) is 3. The number of alkyl carbamates (subject to hydrolysis) is 1. The number of benzene rings is 1. The molecule has 28 heavy (non-hydrogen) atoms. The van der Waals surface area contributed by atoms with Gasteiger partial charge in [0, 0.05) is 5.69 Å². The molecule has 1 aliphatic rings. The number of carbonyl (C=O) groups is 1. The molecule has 1 aromatic carbocycles. The highest BCUT2D eigenvalue weighted by molar-refractivity contribution is 6.68. The van der Waals surface area contributed by atoms with Crippen LogP contribution in [0.2, 0.25) is 0 Å². The smallest absolute Gasteiger partial charge is 0.409 e. The number of ether oxygens (including phenoxy) is 1. The van der Waals surface area contributed by atoms with Gasteiger partial charge in [-0.2, -0.15) is 0 Å². The normalized spacial score (nSPS) is 24.0. The summed E-state index contributed by atoms with van der Waals surface area (Å²) in [5.74, 6) is 1.33. The minimum Gasteiger partial charge on any atom is -0.446 e. The number of hydrogen-bond donors (Lipinski definition) is 2. The van der Waals surface area contributed by atoms with Crippen molar-refractivity contribution < 1.29 is 9.53 Å². The molecule has 1 aromatic rings. The summed E-state index contributed by atoms with van der Waals surface area (Å²) in [5.41, 5.74) is 2.91. The molecule has 1 aliphatic carbocycles. The van der Waals surface area contributed by atoms with Gasteiger partial charge in [-0.3, -0.25) is 5.32 Å². The predicted octanol–water partition coefficient (Wildman–Crippen LogP) is 6.60. The van der Waals surface area contributed by atoms with Gasteiger partial charge in [-0.05, 0) is 56.1 Å². The lowest BCUT2D eigenvalue weighted by molar-refractivity contribution is 0.00534. The van der Waals surface area contributed by atoms with Crippen molar-refractivity contribution in [2.24, 2.45) is 17.8 Å². The second-order valence-electron chi connectivity index (χ2n) is 8.35. The molecule has 4 atom stereocenters. The molecular weight excluding hydrogens is 419 g/mol. The van der Waals surface area contributed by atoms with Crippen LogP contribution in [0.5, 0.6) is 0 Å². The Morgan fingerprint density at radius 2 is 1.89 bits per heavy atom. The molecule has 0 aromatic heterocycles. The number of aryl methyl sites for hydroxylation is 2. The molecule has 0 aliphatic heterocycles. The molecule has 1 saturated carbocycles. The Morgan fingerprint density at radius 1 is 1.21 bits per heavy atom. The van der Waals surface area contributed by atoms with Crippen molar-refractivity contribution in [3.05, 3.63) is 29.3 Å². The van der Waals surface area contributed by atoms with Gasteiger partial charge in [-0.1, -0.05) is 79.7 Å². The van der Waals surface area contributed by atoms with E-state index >= 15 is 0 Å². The lowest BCUT2D eigenvalue weighted by atomic mass is 9.75. The summed E-state index contributed by atoms with van der Waals surface area (Å²) in [6.45, 7) is 10.5. The molecular formula is C21H31Cl3N2O2. The number of carbonyl (C=O) groups excluding carboxylic acids is 1. The van der Waals surface area contributed by atoms with Gasteiger partial charge in [0.2, 0.25) is 3.79 Å². The van der Waals surface area contributed by atoms with E-state index in [1.807, 2.05) is 32.0 Å². The number of amides is 1. The van der Waals surface area contributed by atoms with Crippen LogP contribution in [0, 0.1) is 31.6 Å². The van der Waals surface area contributed by atoms with Gasteiger partial charge >= 0.3 is 6.09 Å². The molecule has 0 radical (unpaired) electrons. The molecule has 0 heterocycles. The lowest BCUT2D eigenvalue weighted by Crippen LogP contribution is -2.50. The molecule has 7 heteroatoms. The van der Waals surface area contributed by atoms with Crippen LogP contribution in [0.3, 0.4) is 0 Å². The third-order valence-corrected chi connectivity index (χ3v) is 6.15. The average Bonchev–Trinajstić information content (AvgIpc) is 2.55. The maximum absolute atomic E-state index is 12.6. The highest BCUT2D eigenvalue weighted by atomic mass is 35.6. The standard InChI is InChI=1S/C21H31Cl3N2O2/c1-12(2)16-8-6-14(4)11-18(16)28-20(27)26-19(21(22,23)24)25-17-9-7-13(3)10-15(17)5/h7,9-10,12,14,16,18-19,25H,6,8,11H2,1-5H3,(H,26,27)/t14-,16-,18-,19-/m1/s1. The SMILES string of the molecule is Cc1ccc(N[C@H](NC(=O)O[C@@H]2C[C@H](C)CC[C@@H]2C(C)C)C(Cl)(Cl)Cl)c(C)c1. The van der Waals surface area contributed by atoms with Crippen LogP contribution in [-0.2, 0) is 4.74 Å². The van der Waals surface area contributed by atoms with Crippen LogP contribution >= 0.6 is 34.8 Å². The molecule has 1 amide bonds. The zero-order valence-corrected chi connectivity index (χ0v) is 19.5. The van der Waals surface area contributed by atoms with Gasteiger partial charge in [0.25, 0.3) is 0 Å². The summed E-state index contributed by atoms with van der Waals surface area (Å²) < 4.78 is 4.04. The molecule has 2 N–H and O–H groups in total. The van der Waals surface area contributed by atoms with Crippen molar-refractivity contribution in [1.29, 1.82) is 0 Å². The molecule has 0 saturated heterocycles. The zero-order valence-electron chi connectivity index (χ0n) is 17.2. The van der Waals surface area contributed by atoms with Crippen LogP contribution in [0.4, 0.5) is 10.5 Å². The fraction of sp³-hybridized carbons (Fsp3) is 0.667. The van der Waals surface area contributed by atoms with Gasteiger partial charge in [-0.15, -0.1) is 0 Å². The first-order valence-electron chi connectivity index (χ1n) is 9.85. The second kappa shape index (κ2) is 9.77. The summed E-state index contributed by atoms with van der Waals surface area (Å²) in [4.78, 5) is 12.6. The maximum atomic E-state index is 12.6. The van der Waals surface area contributed by atoms with Crippen LogP contribution in [-0.4, -0.2) is 22.2 Å². The van der Waals surface area contributed by atoms with E-state index in [0.717, 1.165) is 36.1 Å². The molecule has 2 rings (SSSR count). The van der Waals surface area contributed by atoms with E-state index in [9.17, 15) is 4.79 Å². The van der Waals surface area contributed by atoms with Crippen molar-refractivity contribution in [3.8, 4) is 0 Å². The quantitative estimate of drug-likeness (QED) is 0.393. The Balaban J connectivity index is 2.08. The fourth-order valence-electron chi connectivity index (χ4n) is 3.87. The molecule has 0 bridgehead atoms. The Morgan fingerprint density at radius 3 is 2.46 bits per heavy atom.